The van der Waals surface area contributed by atoms with Crippen LogP contribution in [-0.4, -0.2) is 0 Å². The Morgan fingerprint density at radius 3 is 2.06 bits per heavy atom. The smallest absolute Gasteiger partial charge is 0.126 e. The van der Waals surface area contributed by atoms with Crippen molar-refractivity contribution in [2.45, 2.75) is 12.4 Å². The summed E-state index contributed by atoms with van der Waals surface area (Å²) in [6.45, 7) is 0.370. The molecule has 0 amide bonds. The van der Waals surface area contributed by atoms with E-state index in [4.69, 9.17) is 11.6 Å². The van der Waals surface area contributed by atoms with E-state index in [0.717, 1.165) is 17.3 Å². The Morgan fingerprint density at radius 2 is 1.50 bits per heavy atom. The molecule has 0 aliphatic carbocycles. The van der Waals surface area contributed by atoms with E-state index in [1.54, 1.807) is 0 Å². The Morgan fingerprint density at radius 1 is 0.889 bits per heavy atom. The van der Waals surface area contributed by atoms with E-state index < -0.39 is 11.6 Å². The summed E-state index contributed by atoms with van der Waals surface area (Å²) in [4.78, 5) is 0. The van der Waals surface area contributed by atoms with Gasteiger partial charge in [0.2, 0.25) is 0 Å². The predicted molar refractivity (Wildman–Crippen MR) is 69.7 cm³/mol. The van der Waals surface area contributed by atoms with Crippen molar-refractivity contribution in [2.24, 2.45) is 0 Å². The van der Waals surface area contributed by atoms with Crippen molar-refractivity contribution in [3.05, 3.63) is 65.2 Å². The van der Waals surface area contributed by atoms with Gasteiger partial charge in [-0.25, -0.2) is 8.78 Å². The van der Waals surface area contributed by atoms with E-state index in [9.17, 15) is 8.78 Å². The molecular formula is C14H12ClF2N. The number of alkyl halides is 1. The minimum Gasteiger partial charge on any atom is -0.381 e. The van der Waals surface area contributed by atoms with Crippen molar-refractivity contribution in [3.63, 3.8) is 0 Å². The molecule has 4 heteroatoms. The third-order valence-electron chi connectivity index (χ3n) is 2.53. The monoisotopic (exact) mass is 267 g/mol. The molecule has 0 saturated heterocycles. The zero-order chi connectivity index (χ0) is 13.0. The molecule has 0 saturated carbocycles. The fourth-order valence-electron chi connectivity index (χ4n) is 1.63. The van der Waals surface area contributed by atoms with Crippen LogP contribution in [0.15, 0.2) is 42.5 Å². The molecule has 18 heavy (non-hydrogen) atoms. The molecule has 0 heterocycles. The number of benzene rings is 2. The van der Waals surface area contributed by atoms with Crippen LogP contribution >= 0.6 is 11.6 Å². The van der Waals surface area contributed by atoms with Crippen LogP contribution in [0.25, 0.3) is 0 Å². The molecule has 1 N–H and O–H groups in total. The number of rotatable bonds is 4. The summed E-state index contributed by atoms with van der Waals surface area (Å²) in [6.07, 6.45) is 0. The molecule has 1 nitrogen and oxygen atoms in total. The highest BCUT2D eigenvalue weighted by Gasteiger charge is 2.00. The standard InChI is InChI=1S/C14H12ClF2N/c15-8-10-1-3-14(4-2-10)18-9-11-5-12(16)7-13(17)6-11/h1-7,18H,8-9H2. The Balaban J connectivity index is 2.01. The van der Waals surface area contributed by atoms with Crippen molar-refractivity contribution in [3.8, 4) is 0 Å². The maximum Gasteiger partial charge on any atom is 0.126 e. The van der Waals surface area contributed by atoms with E-state index in [1.807, 2.05) is 24.3 Å². The quantitative estimate of drug-likeness (QED) is 0.814. The Hall–Kier alpha value is -1.61. The number of hydrogen-bond acceptors (Lipinski definition) is 1. The van der Waals surface area contributed by atoms with Gasteiger partial charge < -0.3 is 5.32 Å². The number of nitrogens with one attached hydrogen (secondary N) is 1. The van der Waals surface area contributed by atoms with Crippen LogP contribution in [0.2, 0.25) is 0 Å². The summed E-state index contributed by atoms with van der Waals surface area (Å²) < 4.78 is 25.9. The molecule has 0 atom stereocenters. The van der Waals surface area contributed by atoms with Gasteiger partial charge in [0, 0.05) is 24.2 Å². The second kappa shape index (κ2) is 5.83. The summed E-state index contributed by atoms with van der Waals surface area (Å²) in [5.74, 6) is -0.663. The molecule has 0 fully saturated rings. The van der Waals surface area contributed by atoms with E-state index in [1.165, 1.54) is 12.1 Å². The van der Waals surface area contributed by atoms with Gasteiger partial charge in [0.05, 0.1) is 0 Å². The Kier molecular flexibility index (Phi) is 4.15. The third-order valence-corrected chi connectivity index (χ3v) is 2.84. The molecule has 0 unspecified atom stereocenters. The lowest BCUT2D eigenvalue weighted by Crippen LogP contribution is -2.00. The molecule has 0 bridgehead atoms. The SMILES string of the molecule is Fc1cc(F)cc(CNc2ccc(CCl)cc2)c1. The molecule has 0 aliphatic rings. The van der Waals surface area contributed by atoms with Gasteiger partial charge >= 0.3 is 0 Å². The molecule has 2 rings (SSSR count). The van der Waals surface area contributed by atoms with Crippen molar-refractivity contribution in [1.82, 2.24) is 0 Å². The summed E-state index contributed by atoms with van der Waals surface area (Å²) in [6, 6.07) is 11.1. The van der Waals surface area contributed by atoms with Gasteiger partial charge in [-0.05, 0) is 35.4 Å². The summed E-state index contributed by atoms with van der Waals surface area (Å²) >= 11 is 5.68. The van der Waals surface area contributed by atoms with Crippen molar-refractivity contribution < 1.29 is 8.78 Å². The first-order valence-electron chi connectivity index (χ1n) is 5.51. The van der Waals surface area contributed by atoms with Crippen LogP contribution in [0.5, 0.6) is 0 Å². The highest BCUT2D eigenvalue weighted by atomic mass is 35.5. The second-order valence-corrected chi connectivity index (χ2v) is 4.23. The van der Waals surface area contributed by atoms with Crippen LogP contribution in [-0.2, 0) is 12.4 Å². The lowest BCUT2D eigenvalue weighted by atomic mass is 10.2. The lowest BCUT2D eigenvalue weighted by molar-refractivity contribution is 0.580. The van der Waals surface area contributed by atoms with Crippen molar-refractivity contribution in [1.29, 1.82) is 0 Å². The van der Waals surface area contributed by atoms with Gasteiger partial charge in [0.15, 0.2) is 0 Å². The maximum atomic E-state index is 13.0. The van der Waals surface area contributed by atoms with Gasteiger partial charge in [-0.3, -0.25) is 0 Å². The first-order chi connectivity index (χ1) is 8.67. The number of halogens is 3. The first kappa shape index (κ1) is 12.8. The molecule has 0 radical (unpaired) electrons. The van der Waals surface area contributed by atoms with Crippen LogP contribution in [0.3, 0.4) is 0 Å². The minimum atomic E-state index is -0.565. The molecule has 0 spiro atoms. The number of anilines is 1. The Labute approximate surface area is 109 Å². The molecule has 2 aromatic carbocycles. The second-order valence-electron chi connectivity index (χ2n) is 3.96. The average Bonchev–Trinajstić information content (AvgIpc) is 2.36. The van der Waals surface area contributed by atoms with Crippen LogP contribution in [0, 0.1) is 11.6 Å². The van der Waals surface area contributed by atoms with Gasteiger partial charge in [-0.2, -0.15) is 0 Å². The molecule has 94 valence electrons. The van der Waals surface area contributed by atoms with Gasteiger partial charge in [0.25, 0.3) is 0 Å². The normalized spacial score (nSPS) is 10.4. The number of hydrogen-bond donors (Lipinski definition) is 1. The summed E-state index contributed by atoms with van der Waals surface area (Å²) in [5.41, 5.74) is 2.47. The fraction of sp³-hybridized carbons (Fsp3) is 0.143. The largest absolute Gasteiger partial charge is 0.381 e. The van der Waals surface area contributed by atoms with Gasteiger partial charge in [-0.1, -0.05) is 12.1 Å². The fourth-order valence-corrected chi connectivity index (χ4v) is 1.81. The van der Waals surface area contributed by atoms with Gasteiger partial charge in [0.1, 0.15) is 11.6 Å². The van der Waals surface area contributed by atoms with Crippen LogP contribution < -0.4 is 5.32 Å². The average molecular weight is 268 g/mol. The molecule has 0 aromatic heterocycles. The van der Waals surface area contributed by atoms with Crippen LogP contribution in [0.1, 0.15) is 11.1 Å². The van der Waals surface area contributed by atoms with E-state index in [0.29, 0.717) is 18.0 Å². The predicted octanol–water partition coefficient (Wildman–Crippen LogP) is 4.32. The highest BCUT2D eigenvalue weighted by Crippen LogP contribution is 2.14. The van der Waals surface area contributed by atoms with E-state index in [2.05, 4.69) is 5.32 Å². The maximum absolute atomic E-state index is 13.0. The zero-order valence-corrected chi connectivity index (χ0v) is 10.3. The van der Waals surface area contributed by atoms with Gasteiger partial charge in [-0.15, -0.1) is 11.6 Å². The first-order valence-corrected chi connectivity index (χ1v) is 6.04. The van der Waals surface area contributed by atoms with Crippen molar-refractivity contribution >= 4 is 17.3 Å². The van der Waals surface area contributed by atoms with Crippen molar-refractivity contribution in [2.75, 3.05) is 5.32 Å². The molecular weight excluding hydrogens is 256 g/mol. The summed E-state index contributed by atoms with van der Waals surface area (Å²) in [7, 11) is 0. The van der Waals surface area contributed by atoms with E-state index in [-0.39, 0.29) is 0 Å². The molecule has 2 aromatic rings. The summed E-state index contributed by atoms with van der Waals surface area (Å²) in [5, 5.41) is 3.09. The van der Waals surface area contributed by atoms with E-state index >= 15 is 0 Å². The topological polar surface area (TPSA) is 12.0 Å². The molecule has 0 aliphatic heterocycles. The minimum absolute atomic E-state index is 0.370. The lowest BCUT2D eigenvalue weighted by Gasteiger charge is -2.07. The third kappa shape index (κ3) is 3.44. The zero-order valence-electron chi connectivity index (χ0n) is 9.59. The Bertz CT molecular complexity index is 506. The highest BCUT2D eigenvalue weighted by molar-refractivity contribution is 6.17. The van der Waals surface area contributed by atoms with Crippen LogP contribution in [0.4, 0.5) is 14.5 Å².